The topological polar surface area (TPSA) is 130 Å². The van der Waals surface area contributed by atoms with Gasteiger partial charge in [-0.3, -0.25) is 9.59 Å². The fourth-order valence-electron chi connectivity index (χ4n) is 2.82. The molecule has 1 atom stereocenters. The fraction of sp³-hybridized carbons (Fsp3) is 0.643. The van der Waals surface area contributed by atoms with Crippen LogP contribution in [-0.2, 0) is 19.6 Å². The highest BCUT2D eigenvalue weighted by Gasteiger charge is 2.32. The van der Waals surface area contributed by atoms with Crippen molar-refractivity contribution in [3.63, 3.8) is 0 Å². The van der Waals surface area contributed by atoms with Gasteiger partial charge in [-0.2, -0.15) is 4.72 Å². The number of hydrogen-bond donors (Lipinski definition) is 2. The highest BCUT2D eigenvalue weighted by atomic mass is 32.2. The van der Waals surface area contributed by atoms with Crippen molar-refractivity contribution in [2.45, 2.75) is 44.6 Å². The van der Waals surface area contributed by atoms with Crippen LogP contribution in [0.1, 0.15) is 31.2 Å². The first-order valence-corrected chi connectivity index (χ1v) is 9.08. The number of sulfonamides is 1. The lowest BCUT2D eigenvalue weighted by Gasteiger charge is -2.32. The molecule has 9 nitrogen and oxygen atoms in total. The van der Waals surface area contributed by atoms with Crippen molar-refractivity contribution >= 4 is 21.9 Å². The third-order valence-electron chi connectivity index (χ3n) is 4.09. The Hall–Kier alpha value is -1.94. The van der Waals surface area contributed by atoms with Gasteiger partial charge in [0.05, 0.1) is 12.0 Å². The molecule has 10 heteroatoms. The number of piperidine rings is 1. The van der Waals surface area contributed by atoms with Crippen molar-refractivity contribution in [3.05, 3.63) is 11.5 Å². The average molecular weight is 359 g/mol. The van der Waals surface area contributed by atoms with Gasteiger partial charge in [0.2, 0.25) is 15.9 Å². The lowest BCUT2D eigenvalue weighted by molar-refractivity contribution is -0.146. The molecule has 24 heavy (non-hydrogen) atoms. The number of carboxylic acid groups (broad SMARTS) is 1. The van der Waals surface area contributed by atoms with Crippen LogP contribution < -0.4 is 4.72 Å². The highest BCUT2D eigenvalue weighted by Crippen LogP contribution is 2.20. The number of amides is 1. The van der Waals surface area contributed by atoms with E-state index in [1.165, 1.54) is 25.7 Å². The standard InChI is InChI=1S/C14H21N3O6S/c1-8-12(10(3)23-15-8)24(21,22)16-9(2)13(18)17-6-4-11(5-7-17)14(19)20/h9,11,16H,4-7H2,1-3H3,(H,19,20). The van der Waals surface area contributed by atoms with Crippen molar-refractivity contribution in [2.75, 3.05) is 13.1 Å². The largest absolute Gasteiger partial charge is 0.481 e. The van der Waals surface area contributed by atoms with E-state index in [9.17, 15) is 18.0 Å². The third-order valence-corrected chi connectivity index (χ3v) is 5.88. The van der Waals surface area contributed by atoms with E-state index in [0.29, 0.717) is 25.9 Å². The van der Waals surface area contributed by atoms with Crippen molar-refractivity contribution in [1.29, 1.82) is 0 Å². The number of carboxylic acids is 1. The molecule has 1 aliphatic heterocycles. The Bertz CT molecular complexity index is 714. The molecule has 2 rings (SSSR count). The van der Waals surface area contributed by atoms with Gasteiger partial charge in [0.25, 0.3) is 0 Å². The molecule has 0 aliphatic carbocycles. The number of aryl methyl sites for hydroxylation is 2. The van der Waals surface area contributed by atoms with Gasteiger partial charge in [0, 0.05) is 13.1 Å². The van der Waals surface area contributed by atoms with Gasteiger partial charge in [0.15, 0.2) is 5.76 Å². The summed E-state index contributed by atoms with van der Waals surface area (Å²) in [5, 5.41) is 12.6. The van der Waals surface area contributed by atoms with E-state index in [1.807, 2.05) is 0 Å². The molecule has 1 aliphatic rings. The van der Waals surface area contributed by atoms with Crippen molar-refractivity contribution in [1.82, 2.24) is 14.8 Å². The zero-order valence-electron chi connectivity index (χ0n) is 13.8. The van der Waals surface area contributed by atoms with Crippen LogP contribution in [0.3, 0.4) is 0 Å². The molecule has 1 unspecified atom stereocenters. The minimum absolute atomic E-state index is 0.0632. The Labute approximate surface area is 140 Å². The summed E-state index contributed by atoms with van der Waals surface area (Å²) in [6.45, 7) is 5.05. The zero-order chi connectivity index (χ0) is 18.1. The number of rotatable bonds is 5. The molecular weight excluding hydrogens is 338 g/mol. The Morgan fingerprint density at radius 2 is 1.92 bits per heavy atom. The maximum absolute atomic E-state index is 12.4. The van der Waals surface area contributed by atoms with Crippen molar-refractivity contribution in [3.8, 4) is 0 Å². The molecule has 134 valence electrons. The van der Waals surface area contributed by atoms with Crippen LogP contribution in [0.2, 0.25) is 0 Å². The second-order valence-corrected chi connectivity index (χ2v) is 7.58. The van der Waals surface area contributed by atoms with Crippen LogP contribution in [0.15, 0.2) is 9.42 Å². The lowest BCUT2D eigenvalue weighted by Crippen LogP contribution is -2.49. The van der Waals surface area contributed by atoms with Gasteiger partial charge in [-0.25, -0.2) is 8.42 Å². The first-order chi connectivity index (χ1) is 11.1. The summed E-state index contributed by atoms with van der Waals surface area (Å²) in [4.78, 5) is 24.8. The van der Waals surface area contributed by atoms with Gasteiger partial charge >= 0.3 is 5.97 Å². The molecule has 0 aromatic carbocycles. The summed E-state index contributed by atoms with van der Waals surface area (Å²) in [6.07, 6.45) is 0.731. The molecule has 1 saturated heterocycles. The Kier molecular flexibility index (Phi) is 5.29. The summed E-state index contributed by atoms with van der Waals surface area (Å²) in [7, 11) is -3.93. The predicted molar refractivity (Wildman–Crippen MR) is 82.7 cm³/mol. The normalized spacial score (nSPS) is 17.7. The first-order valence-electron chi connectivity index (χ1n) is 7.60. The molecule has 1 aromatic rings. The van der Waals surface area contributed by atoms with Gasteiger partial charge < -0.3 is 14.5 Å². The first kappa shape index (κ1) is 18.4. The lowest BCUT2D eigenvalue weighted by atomic mass is 9.97. The number of nitrogens with one attached hydrogen (secondary N) is 1. The zero-order valence-corrected chi connectivity index (χ0v) is 14.6. The number of carbonyl (C=O) groups excluding carboxylic acids is 1. The summed E-state index contributed by atoms with van der Waals surface area (Å²) in [5.41, 5.74) is 0.224. The Balaban J connectivity index is 2.03. The molecule has 0 radical (unpaired) electrons. The van der Waals surface area contributed by atoms with E-state index < -0.39 is 28.0 Å². The highest BCUT2D eigenvalue weighted by molar-refractivity contribution is 7.89. The van der Waals surface area contributed by atoms with E-state index >= 15 is 0 Å². The minimum atomic E-state index is -3.93. The molecule has 0 saturated carbocycles. The summed E-state index contributed by atoms with van der Waals surface area (Å²) >= 11 is 0. The Morgan fingerprint density at radius 3 is 2.38 bits per heavy atom. The van der Waals surface area contributed by atoms with E-state index in [4.69, 9.17) is 9.63 Å². The fourth-order valence-corrected chi connectivity index (χ4v) is 4.35. The van der Waals surface area contributed by atoms with Crippen LogP contribution in [0.25, 0.3) is 0 Å². The quantitative estimate of drug-likeness (QED) is 0.772. The summed E-state index contributed by atoms with van der Waals surface area (Å²) in [6, 6.07) is -0.968. The molecule has 1 fully saturated rings. The van der Waals surface area contributed by atoms with E-state index in [1.54, 1.807) is 0 Å². The molecular formula is C14H21N3O6S. The molecule has 0 bridgehead atoms. The van der Waals surface area contributed by atoms with E-state index in [-0.39, 0.29) is 22.3 Å². The van der Waals surface area contributed by atoms with Crippen molar-refractivity contribution in [2.24, 2.45) is 5.92 Å². The van der Waals surface area contributed by atoms with Crippen LogP contribution in [0.5, 0.6) is 0 Å². The average Bonchev–Trinajstić information content (AvgIpc) is 2.85. The number of nitrogens with zero attached hydrogens (tertiary/aromatic N) is 2. The maximum atomic E-state index is 12.4. The second-order valence-electron chi connectivity index (χ2n) is 5.93. The number of likely N-dealkylation sites (tertiary alicyclic amines) is 1. The van der Waals surface area contributed by atoms with Gasteiger partial charge in [-0.15, -0.1) is 0 Å². The minimum Gasteiger partial charge on any atom is -0.481 e. The predicted octanol–water partition coefficient (Wildman–Crippen LogP) is 0.281. The third kappa shape index (κ3) is 3.75. The number of hydrogen-bond acceptors (Lipinski definition) is 6. The van der Waals surface area contributed by atoms with Crippen molar-refractivity contribution < 1.29 is 27.6 Å². The maximum Gasteiger partial charge on any atom is 0.306 e. The monoisotopic (exact) mass is 359 g/mol. The second kappa shape index (κ2) is 6.89. The molecule has 2 N–H and O–H groups in total. The number of aromatic nitrogens is 1. The van der Waals surface area contributed by atoms with Crippen LogP contribution >= 0.6 is 0 Å². The summed E-state index contributed by atoms with van der Waals surface area (Å²) in [5.74, 6) is -1.55. The molecule has 2 heterocycles. The summed E-state index contributed by atoms with van der Waals surface area (Å²) < 4.78 is 32.0. The smallest absolute Gasteiger partial charge is 0.306 e. The van der Waals surface area contributed by atoms with Crippen LogP contribution in [0, 0.1) is 19.8 Å². The Morgan fingerprint density at radius 1 is 1.33 bits per heavy atom. The van der Waals surface area contributed by atoms with Gasteiger partial charge in [-0.1, -0.05) is 5.16 Å². The SMILES string of the molecule is Cc1noc(C)c1S(=O)(=O)NC(C)C(=O)N1CCC(C(=O)O)CC1. The molecule has 1 amide bonds. The molecule has 1 aromatic heterocycles. The van der Waals surface area contributed by atoms with E-state index in [0.717, 1.165) is 0 Å². The van der Waals surface area contributed by atoms with E-state index in [2.05, 4.69) is 9.88 Å². The number of carbonyl (C=O) groups is 2. The van der Waals surface area contributed by atoms with Crippen LogP contribution in [-0.4, -0.2) is 54.6 Å². The number of aliphatic carboxylic acids is 1. The van der Waals surface area contributed by atoms with Gasteiger partial charge in [0.1, 0.15) is 10.6 Å². The molecule has 0 spiro atoms. The van der Waals surface area contributed by atoms with Gasteiger partial charge in [-0.05, 0) is 33.6 Å². The van der Waals surface area contributed by atoms with Crippen LogP contribution in [0.4, 0.5) is 0 Å².